The van der Waals surface area contributed by atoms with Crippen LogP contribution in [0.4, 0.5) is 0 Å². The highest BCUT2D eigenvalue weighted by Crippen LogP contribution is 2.29. The summed E-state index contributed by atoms with van der Waals surface area (Å²) >= 11 is 0. The molecule has 0 atom stereocenters. The van der Waals surface area contributed by atoms with Gasteiger partial charge < -0.3 is 14.6 Å². The molecular weight excluding hydrogens is 180 g/mol. The first-order valence-corrected chi connectivity index (χ1v) is 5.42. The lowest BCUT2D eigenvalue weighted by Crippen LogP contribution is -2.35. The van der Waals surface area contributed by atoms with E-state index in [4.69, 9.17) is 14.6 Å². The van der Waals surface area contributed by atoms with Gasteiger partial charge in [-0.1, -0.05) is 13.8 Å². The zero-order valence-corrected chi connectivity index (χ0v) is 9.88. The minimum atomic E-state index is -0.163. The molecule has 0 aromatic heterocycles. The molecule has 3 heteroatoms. The Morgan fingerprint density at radius 1 is 1.14 bits per heavy atom. The van der Waals surface area contributed by atoms with Crippen molar-refractivity contribution in [2.45, 2.75) is 46.8 Å². The van der Waals surface area contributed by atoms with E-state index in [0.717, 1.165) is 12.8 Å². The van der Waals surface area contributed by atoms with Crippen LogP contribution in [-0.2, 0) is 9.47 Å². The molecule has 0 rings (SSSR count). The molecule has 0 fully saturated rings. The fourth-order valence-corrected chi connectivity index (χ4v) is 1.45. The van der Waals surface area contributed by atoms with Crippen LogP contribution in [0.2, 0.25) is 0 Å². The molecule has 14 heavy (non-hydrogen) atoms. The molecule has 3 nitrogen and oxygen atoms in total. The van der Waals surface area contributed by atoms with Crippen LogP contribution in [0.1, 0.15) is 40.5 Å². The van der Waals surface area contributed by atoms with Gasteiger partial charge in [0.25, 0.3) is 0 Å². The van der Waals surface area contributed by atoms with Crippen molar-refractivity contribution in [3.63, 3.8) is 0 Å². The molecule has 0 aromatic rings. The van der Waals surface area contributed by atoms with E-state index in [9.17, 15) is 0 Å². The van der Waals surface area contributed by atoms with Crippen LogP contribution in [0.25, 0.3) is 0 Å². The zero-order chi connectivity index (χ0) is 11.0. The summed E-state index contributed by atoms with van der Waals surface area (Å²) in [6, 6.07) is 0. The van der Waals surface area contributed by atoms with Crippen molar-refractivity contribution in [2.24, 2.45) is 5.41 Å². The fraction of sp³-hybridized carbons (Fsp3) is 1.00. The smallest absolute Gasteiger partial charge is 0.162 e. The summed E-state index contributed by atoms with van der Waals surface area (Å²) in [7, 11) is 0. The third-order valence-electron chi connectivity index (χ3n) is 2.25. The number of aliphatic hydroxyl groups is 1. The van der Waals surface area contributed by atoms with Gasteiger partial charge in [-0.3, -0.25) is 0 Å². The summed E-state index contributed by atoms with van der Waals surface area (Å²) in [5.41, 5.74) is -0.0330. The Morgan fingerprint density at radius 3 is 2.00 bits per heavy atom. The number of rotatable bonds is 8. The summed E-state index contributed by atoms with van der Waals surface area (Å²) in [6.45, 7) is 9.70. The molecule has 86 valence electrons. The summed E-state index contributed by atoms with van der Waals surface area (Å²) in [5.74, 6) is 0. The Bertz CT molecular complexity index is 128. The van der Waals surface area contributed by atoms with Gasteiger partial charge in [0.15, 0.2) is 6.29 Å². The van der Waals surface area contributed by atoms with E-state index in [1.54, 1.807) is 0 Å². The topological polar surface area (TPSA) is 38.7 Å². The standard InChI is InChI=1S/C11H24O3/c1-5-13-10(14-6-2)11(3,4)8-7-9-12/h10,12H,5-9H2,1-4H3. The third-order valence-corrected chi connectivity index (χ3v) is 2.25. The monoisotopic (exact) mass is 204 g/mol. The van der Waals surface area contributed by atoms with Crippen molar-refractivity contribution in [3.8, 4) is 0 Å². The first-order chi connectivity index (χ1) is 6.58. The van der Waals surface area contributed by atoms with Crippen LogP contribution in [0.15, 0.2) is 0 Å². The molecule has 0 aliphatic carbocycles. The largest absolute Gasteiger partial charge is 0.396 e. The first kappa shape index (κ1) is 13.9. The first-order valence-electron chi connectivity index (χ1n) is 5.42. The summed E-state index contributed by atoms with van der Waals surface area (Å²) in [6.07, 6.45) is 1.54. The highest BCUT2D eigenvalue weighted by molar-refractivity contribution is 4.72. The molecule has 0 unspecified atom stereocenters. The second-order valence-electron chi connectivity index (χ2n) is 4.06. The molecular formula is C11H24O3. The number of hydrogen-bond donors (Lipinski definition) is 1. The van der Waals surface area contributed by atoms with E-state index in [1.165, 1.54) is 0 Å². The van der Waals surface area contributed by atoms with Crippen molar-refractivity contribution in [2.75, 3.05) is 19.8 Å². The molecule has 0 saturated heterocycles. The van der Waals surface area contributed by atoms with Crippen LogP contribution in [0.3, 0.4) is 0 Å². The van der Waals surface area contributed by atoms with Crippen LogP contribution >= 0.6 is 0 Å². The van der Waals surface area contributed by atoms with Gasteiger partial charge in [0, 0.05) is 25.2 Å². The highest BCUT2D eigenvalue weighted by Gasteiger charge is 2.30. The van der Waals surface area contributed by atoms with E-state index < -0.39 is 0 Å². The Labute approximate surface area is 87.4 Å². The lowest BCUT2D eigenvalue weighted by Gasteiger charge is -2.33. The van der Waals surface area contributed by atoms with Gasteiger partial charge in [-0.2, -0.15) is 0 Å². The van der Waals surface area contributed by atoms with Crippen LogP contribution < -0.4 is 0 Å². The summed E-state index contributed by atoms with van der Waals surface area (Å²) < 4.78 is 11.1. The maximum atomic E-state index is 8.79. The Kier molecular flexibility index (Phi) is 7.15. The van der Waals surface area contributed by atoms with Gasteiger partial charge in [0.2, 0.25) is 0 Å². The van der Waals surface area contributed by atoms with Crippen LogP contribution in [0, 0.1) is 5.41 Å². The van der Waals surface area contributed by atoms with Crippen LogP contribution in [-0.4, -0.2) is 31.2 Å². The minimum absolute atomic E-state index is 0.0330. The number of hydrogen-bond acceptors (Lipinski definition) is 3. The Morgan fingerprint density at radius 2 is 1.64 bits per heavy atom. The predicted octanol–water partition coefficient (Wildman–Crippen LogP) is 2.18. The summed E-state index contributed by atoms with van der Waals surface area (Å²) in [4.78, 5) is 0. The second kappa shape index (κ2) is 7.21. The van der Waals surface area contributed by atoms with E-state index in [0.29, 0.717) is 13.2 Å². The average molecular weight is 204 g/mol. The molecule has 0 heterocycles. The predicted molar refractivity (Wildman–Crippen MR) is 57.1 cm³/mol. The van der Waals surface area contributed by atoms with E-state index >= 15 is 0 Å². The SMILES string of the molecule is CCOC(OCC)C(C)(C)CCCO. The number of ether oxygens (including phenoxy) is 2. The molecule has 0 amide bonds. The fourth-order valence-electron chi connectivity index (χ4n) is 1.45. The molecule has 0 saturated carbocycles. The van der Waals surface area contributed by atoms with Crippen LogP contribution in [0.5, 0.6) is 0 Å². The normalized spacial score (nSPS) is 12.4. The van der Waals surface area contributed by atoms with Gasteiger partial charge >= 0.3 is 0 Å². The molecule has 1 N–H and O–H groups in total. The van der Waals surface area contributed by atoms with Crippen molar-refractivity contribution < 1.29 is 14.6 Å². The summed E-state index contributed by atoms with van der Waals surface area (Å²) in [5, 5.41) is 8.79. The maximum absolute atomic E-state index is 8.79. The van der Waals surface area contributed by atoms with E-state index in [1.807, 2.05) is 13.8 Å². The molecule has 0 radical (unpaired) electrons. The van der Waals surface area contributed by atoms with E-state index in [2.05, 4.69) is 13.8 Å². The van der Waals surface area contributed by atoms with Gasteiger partial charge in [-0.05, 0) is 26.7 Å². The quantitative estimate of drug-likeness (QED) is 0.616. The lowest BCUT2D eigenvalue weighted by atomic mass is 9.87. The number of aliphatic hydroxyl groups excluding tert-OH is 1. The van der Waals surface area contributed by atoms with Gasteiger partial charge in [-0.15, -0.1) is 0 Å². The van der Waals surface area contributed by atoms with Crippen molar-refractivity contribution in [1.82, 2.24) is 0 Å². The van der Waals surface area contributed by atoms with Crippen molar-refractivity contribution >= 4 is 0 Å². The lowest BCUT2D eigenvalue weighted by molar-refractivity contribution is -0.196. The molecule has 0 aliphatic heterocycles. The minimum Gasteiger partial charge on any atom is -0.396 e. The van der Waals surface area contributed by atoms with Gasteiger partial charge in [0.1, 0.15) is 0 Å². The van der Waals surface area contributed by atoms with Crippen molar-refractivity contribution in [3.05, 3.63) is 0 Å². The average Bonchev–Trinajstić information content (AvgIpc) is 2.14. The van der Waals surface area contributed by atoms with Crippen molar-refractivity contribution in [1.29, 1.82) is 0 Å². The third kappa shape index (κ3) is 4.94. The van der Waals surface area contributed by atoms with E-state index in [-0.39, 0.29) is 18.3 Å². The molecule has 0 spiro atoms. The molecule has 0 aliphatic rings. The zero-order valence-electron chi connectivity index (χ0n) is 9.88. The Hall–Kier alpha value is -0.120. The molecule has 0 bridgehead atoms. The maximum Gasteiger partial charge on any atom is 0.162 e. The highest BCUT2D eigenvalue weighted by atomic mass is 16.7. The van der Waals surface area contributed by atoms with Gasteiger partial charge in [-0.25, -0.2) is 0 Å². The Balaban J connectivity index is 4.13. The van der Waals surface area contributed by atoms with Gasteiger partial charge in [0.05, 0.1) is 0 Å². The second-order valence-corrected chi connectivity index (χ2v) is 4.06. The molecule has 0 aromatic carbocycles.